The summed E-state index contributed by atoms with van der Waals surface area (Å²) in [7, 11) is 0. The fourth-order valence-electron chi connectivity index (χ4n) is 1.60. The first kappa shape index (κ1) is 8.31. The quantitative estimate of drug-likeness (QED) is 0.686. The second kappa shape index (κ2) is 3.22. The topological polar surface area (TPSA) is 23.8 Å². The van der Waals surface area contributed by atoms with Crippen LogP contribution >= 0.6 is 0 Å². The van der Waals surface area contributed by atoms with Crippen molar-refractivity contribution in [2.24, 2.45) is 5.41 Å². The highest BCUT2D eigenvalue weighted by Gasteiger charge is 2.42. The third-order valence-electron chi connectivity index (χ3n) is 2.83. The lowest BCUT2D eigenvalue weighted by molar-refractivity contribution is 0.597. The third kappa shape index (κ3) is 1.89. The molecule has 1 aliphatic rings. The standard InChI is InChI=1S/C12H13N/c13-10-12(8-9-12)7-6-11-4-2-1-3-5-11/h1-5H,6-9H2. The zero-order valence-electron chi connectivity index (χ0n) is 7.66. The predicted octanol–water partition coefficient (Wildman–Crippen LogP) is 2.92. The van der Waals surface area contributed by atoms with E-state index in [1.54, 1.807) is 0 Å². The van der Waals surface area contributed by atoms with Crippen molar-refractivity contribution >= 4 is 0 Å². The monoisotopic (exact) mass is 171 g/mol. The van der Waals surface area contributed by atoms with Gasteiger partial charge in [-0.3, -0.25) is 0 Å². The van der Waals surface area contributed by atoms with E-state index in [1.807, 2.05) is 6.07 Å². The second-order valence-electron chi connectivity index (χ2n) is 3.88. The predicted molar refractivity (Wildman–Crippen MR) is 52.0 cm³/mol. The minimum atomic E-state index is 0.0514. The number of aryl methyl sites for hydroxylation is 1. The summed E-state index contributed by atoms with van der Waals surface area (Å²) >= 11 is 0. The molecule has 0 radical (unpaired) electrons. The number of hydrogen-bond acceptors (Lipinski definition) is 1. The number of hydrogen-bond donors (Lipinski definition) is 0. The van der Waals surface area contributed by atoms with Crippen LogP contribution in [0.5, 0.6) is 0 Å². The van der Waals surface area contributed by atoms with E-state index in [0.29, 0.717) is 0 Å². The minimum Gasteiger partial charge on any atom is -0.198 e. The number of rotatable bonds is 3. The fraction of sp³-hybridized carbons (Fsp3) is 0.417. The molecule has 1 saturated carbocycles. The van der Waals surface area contributed by atoms with Gasteiger partial charge >= 0.3 is 0 Å². The van der Waals surface area contributed by atoms with Gasteiger partial charge in [0.1, 0.15) is 0 Å². The van der Waals surface area contributed by atoms with Gasteiger partial charge in [-0.15, -0.1) is 0 Å². The van der Waals surface area contributed by atoms with Crippen molar-refractivity contribution in [3.63, 3.8) is 0 Å². The maximum Gasteiger partial charge on any atom is 0.0689 e. The summed E-state index contributed by atoms with van der Waals surface area (Å²) in [5.41, 5.74) is 1.40. The summed E-state index contributed by atoms with van der Waals surface area (Å²) in [6.45, 7) is 0. The van der Waals surface area contributed by atoms with Gasteiger partial charge in [-0.25, -0.2) is 0 Å². The summed E-state index contributed by atoms with van der Waals surface area (Å²) in [6.07, 6.45) is 4.30. The zero-order valence-corrected chi connectivity index (χ0v) is 7.66. The molecule has 1 fully saturated rings. The van der Waals surface area contributed by atoms with Crippen LogP contribution < -0.4 is 0 Å². The van der Waals surface area contributed by atoms with E-state index >= 15 is 0 Å². The fourth-order valence-corrected chi connectivity index (χ4v) is 1.60. The summed E-state index contributed by atoms with van der Waals surface area (Å²) < 4.78 is 0. The van der Waals surface area contributed by atoms with Crippen LogP contribution in [0.4, 0.5) is 0 Å². The largest absolute Gasteiger partial charge is 0.198 e. The molecule has 2 rings (SSSR count). The lowest BCUT2D eigenvalue weighted by atomic mass is 9.98. The van der Waals surface area contributed by atoms with Crippen LogP contribution in [0.2, 0.25) is 0 Å². The maximum absolute atomic E-state index is 8.88. The van der Waals surface area contributed by atoms with Crippen LogP contribution in [-0.2, 0) is 6.42 Å². The van der Waals surface area contributed by atoms with Crippen molar-refractivity contribution in [1.82, 2.24) is 0 Å². The van der Waals surface area contributed by atoms with Gasteiger partial charge in [0.25, 0.3) is 0 Å². The Morgan fingerprint density at radius 2 is 1.92 bits per heavy atom. The van der Waals surface area contributed by atoms with Crippen LogP contribution in [0.1, 0.15) is 24.8 Å². The van der Waals surface area contributed by atoms with Crippen molar-refractivity contribution in [2.75, 3.05) is 0 Å². The van der Waals surface area contributed by atoms with Gasteiger partial charge in [-0.2, -0.15) is 5.26 Å². The maximum atomic E-state index is 8.88. The van der Waals surface area contributed by atoms with Crippen molar-refractivity contribution in [3.8, 4) is 6.07 Å². The number of nitrogens with zero attached hydrogens (tertiary/aromatic N) is 1. The molecular weight excluding hydrogens is 158 g/mol. The molecule has 0 unspecified atom stereocenters. The molecular formula is C12H13N. The van der Waals surface area contributed by atoms with E-state index in [-0.39, 0.29) is 5.41 Å². The summed E-state index contributed by atoms with van der Waals surface area (Å²) in [6, 6.07) is 12.8. The molecule has 0 heterocycles. The molecule has 0 atom stereocenters. The summed E-state index contributed by atoms with van der Waals surface area (Å²) in [5.74, 6) is 0. The van der Waals surface area contributed by atoms with Gasteiger partial charge in [0.05, 0.1) is 11.5 Å². The molecule has 0 bridgehead atoms. The Balaban J connectivity index is 1.91. The lowest BCUT2D eigenvalue weighted by Gasteiger charge is -2.04. The minimum absolute atomic E-state index is 0.0514. The number of nitriles is 1. The van der Waals surface area contributed by atoms with E-state index in [0.717, 1.165) is 25.7 Å². The van der Waals surface area contributed by atoms with E-state index in [4.69, 9.17) is 5.26 Å². The number of benzene rings is 1. The van der Waals surface area contributed by atoms with Gasteiger partial charge in [0.2, 0.25) is 0 Å². The molecule has 0 spiro atoms. The SMILES string of the molecule is N#CC1(CCc2ccccc2)CC1. The Hall–Kier alpha value is -1.29. The first-order valence-corrected chi connectivity index (χ1v) is 4.80. The molecule has 66 valence electrons. The molecule has 1 heteroatoms. The van der Waals surface area contributed by atoms with E-state index in [1.165, 1.54) is 5.56 Å². The highest BCUT2D eigenvalue weighted by molar-refractivity contribution is 5.17. The van der Waals surface area contributed by atoms with Crippen LogP contribution in [0.3, 0.4) is 0 Å². The highest BCUT2D eigenvalue weighted by Crippen LogP contribution is 2.48. The molecule has 1 aromatic rings. The molecule has 13 heavy (non-hydrogen) atoms. The third-order valence-corrected chi connectivity index (χ3v) is 2.83. The Labute approximate surface area is 79.0 Å². The van der Waals surface area contributed by atoms with E-state index in [9.17, 15) is 0 Å². The normalized spacial score (nSPS) is 17.8. The Morgan fingerprint density at radius 3 is 2.46 bits per heavy atom. The first-order valence-electron chi connectivity index (χ1n) is 4.80. The van der Waals surface area contributed by atoms with Gasteiger partial charge in [-0.05, 0) is 31.2 Å². The average Bonchev–Trinajstić information content (AvgIpc) is 2.97. The Morgan fingerprint density at radius 1 is 1.23 bits per heavy atom. The average molecular weight is 171 g/mol. The van der Waals surface area contributed by atoms with Gasteiger partial charge in [0, 0.05) is 0 Å². The van der Waals surface area contributed by atoms with Gasteiger partial charge < -0.3 is 0 Å². The van der Waals surface area contributed by atoms with Crippen LogP contribution in [0, 0.1) is 16.7 Å². The Bertz CT molecular complexity index is 317. The van der Waals surface area contributed by atoms with E-state index in [2.05, 4.69) is 30.3 Å². The summed E-state index contributed by atoms with van der Waals surface area (Å²) in [4.78, 5) is 0. The molecule has 1 aliphatic carbocycles. The molecule has 0 saturated heterocycles. The highest BCUT2D eigenvalue weighted by atomic mass is 14.5. The summed E-state index contributed by atoms with van der Waals surface area (Å²) in [5, 5.41) is 8.88. The Kier molecular flexibility index (Phi) is 2.06. The van der Waals surface area contributed by atoms with Crippen molar-refractivity contribution in [3.05, 3.63) is 35.9 Å². The van der Waals surface area contributed by atoms with Crippen LogP contribution in [-0.4, -0.2) is 0 Å². The van der Waals surface area contributed by atoms with E-state index < -0.39 is 0 Å². The van der Waals surface area contributed by atoms with Gasteiger partial charge in [-0.1, -0.05) is 30.3 Å². The molecule has 1 aromatic carbocycles. The molecule has 0 N–H and O–H groups in total. The lowest BCUT2D eigenvalue weighted by Crippen LogP contribution is -1.98. The first-order chi connectivity index (χ1) is 6.35. The molecule has 0 aromatic heterocycles. The van der Waals surface area contributed by atoms with Crippen LogP contribution in [0.25, 0.3) is 0 Å². The van der Waals surface area contributed by atoms with Crippen LogP contribution in [0.15, 0.2) is 30.3 Å². The molecule has 0 aliphatic heterocycles. The zero-order chi connectivity index (χ0) is 9.15. The molecule has 1 nitrogen and oxygen atoms in total. The second-order valence-corrected chi connectivity index (χ2v) is 3.88. The smallest absolute Gasteiger partial charge is 0.0689 e. The van der Waals surface area contributed by atoms with Crippen molar-refractivity contribution < 1.29 is 0 Å². The van der Waals surface area contributed by atoms with Crippen molar-refractivity contribution in [1.29, 1.82) is 5.26 Å². The van der Waals surface area contributed by atoms with Crippen molar-refractivity contribution in [2.45, 2.75) is 25.7 Å². The molecule has 0 amide bonds. The van der Waals surface area contributed by atoms with Gasteiger partial charge in [0.15, 0.2) is 0 Å².